The number of rotatable bonds is 5. The molecule has 130 valence electrons. The SMILES string of the molecule is CCN(Cc1ccccc1)C(=O)c1csc(-c2ccnc3[nH]ccc23)n1. The van der Waals surface area contributed by atoms with Crippen molar-refractivity contribution >= 4 is 28.3 Å². The molecule has 6 heteroatoms. The highest BCUT2D eigenvalue weighted by molar-refractivity contribution is 7.13. The standard InChI is InChI=1S/C20H18N4OS/c1-2-24(12-14-6-4-3-5-7-14)20(25)17-13-26-19(23-17)16-9-11-22-18-15(16)8-10-21-18/h3-11,13H,2,12H2,1H3,(H,21,22). The Bertz CT molecular complexity index is 1040. The van der Waals surface area contributed by atoms with E-state index in [9.17, 15) is 4.79 Å². The smallest absolute Gasteiger partial charge is 0.273 e. The van der Waals surface area contributed by atoms with Crippen LogP contribution in [-0.2, 0) is 6.54 Å². The fourth-order valence-corrected chi connectivity index (χ4v) is 3.77. The van der Waals surface area contributed by atoms with Gasteiger partial charge in [0.2, 0.25) is 0 Å². The molecule has 0 atom stereocenters. The Morgan fingerprint density at radius 2 is 2.04 bits per heavy atom. The van der Waals surface area contributed by atoms with Crippen LogP contribution in [0.5, 0.6) is 0 Å². The minimum Gasteiger partial charge on any atom is -0.346 e. The molecule has 5 nitrogen and oxygen atoms in total. The van der Waals surface area contributed by atoms with E-state index >= 15 is 0 Å². The molecule has 0 saturated heterocycles. The van der Waals surface area contributed by atoms with Crippen molar-refractivity contribution in [1.29, 1.82) is 0 Å². The van der Waals surface area contributed by atoms with Gasteiger partial charge in [-0.2, -0.15) is 0 Å². The summed E-state index contributed by atoms with van der Waals surface area (Å²) in [6.07, 6.45) is 3.62. The second kappa shape index (κ2) is 7.09. The number of aromatic amines is 1. The van der Waals surface area contributed by atoms with Gasteiger partial charge in [0, 0.05) is 41.8 Å². The van der Waals surface area contributed by atoms with Crippen molar-refractivity contribution < 1.29 is 4.79 Å². The van der Waals surface area contributed by atoms with Gasteiger partial charge in [-0.3, -0.25) is 4.79 Å². The number of hydrogen-bond donors (Lipinski definition) is 1. The summed E-state index contributed by atoms with van der Waals surface area (Å²) < 4.78 is 0. The van der Waals surface area contributed by atoms with Gasteiger partial charge in [0.05, 0.1) is 0 Å². The maximum absolute atomic E-state index is 12.9. The molecule has 1 N–H and O–H groups in total. The second-order valence-electron chi connectivity index (χ2n) is 5.94. The van der Waals surface area contributed by atoms with E-state index in [1.54, 1.807) is 6.20 Å². The van der Waals surface area contributed by atoms with Gasteiger partial charge in [-0.1, -0.05) is 30.3 Å². The van der Waals surface area contributed by atoms with Crippen molar-refractivity contribution in [3.63, 3.8) is 0 Å². The molecule has 3 heterocycles. The Labute approximate surface area is 155 Å². The number of H-pyrrole nitrogens is 1. The molecule has 0 fully saturated rings. The van der Waals surface area contributed by atoms with Gasteiger partial charge >= 0.3 is 0 Å². The zero-order valence-corrected chi connectivity index (χ0v) is 15.2. The van der Waals surface area contributed by atoms with E-state index in [0.29, 0.717) is 18.8 Å². The molecule has 3 aromatic heterocycles. The molecule has 0 unspecified atom stereocenters. The molecule has 4 aromatic rings. The largest absolute Gasteiger partial charge is 0.346 e. The predicted molar refractivity (Wildman–Crippen MR) is 104 cm³/mol. The lowest BCUT2D eigenvalue weighted by Gasteiger charge is -2.19. The molecule has 0 aliphatic rings. The number of nitrogens with one attached hydrogen (secondary N) is 1. The zero-order chi connectivity index (χ0) is 17.9. The van der Waals surface area contributed by atoms with Crippen molar-refractivity contribution in [2.75, 3.05) is 6.54 Å². The first-order valence-electron chi connectivity index (χ1n) is 8.47. The minimum atomic E-state index is -0.0433. The van der Waals surface area contributed by atoms with Gasteiger partial charge in [0.25, 0.3) is 5.91 Å². The third kappa shape index (κ3) is 3.11. The monoisotopic (exact) mass is 362 g/mol. The number of thiazole rings is 1. The lowest BCUT2D eigenvalue weighted by Crippen LogP contribution is -2.30. The number of fused-ring (bicyclic) bond motifs is 1. The lowest BCUT2D eigenvalue weighted by atomic mass is 10.2. The van der Waals surface area contributed by atoms with Gasteiger partial charge in [-0.25, -0.2) is 9.97 Å². The summed E-state index contributed by atoms with van der Waals surface area (Å²) in [5.74, 6) is -0.0433. The second-order valence-corrected chi connectivity index (χ2v) is 6.80. The molecule has 26 heavy (non-hydrogen) atoms. The van der Waals surface area contributed by atoms with Crippen molar-refractivity contribution in [1.82, 2.24) is 19.9 Å². The molecule has 0 bridgehead atoms. The first-order valence-corrected chi connectivity index (χ1v) is 9.35. The first kappa shape index (κ1) is 16.5. The molecule has 4 rings (SSSR count). The fourth-order valence-electron chi connectivity index (χ4n) is 2.94. The van der Waals surface area contributed by atoms with Crippen molar-refractivity contribution in [2.45, 2.75) is 13.5 Å². The van der Waals surface area contributed by atoms with E-state index in [2.05, 4.69) is 15.0 Å². The highest BCUT2D eigenvalue weighted by Crippen LogP contribution is 2.30. The minimum absolute atomic E-state index is 0.0433. The Kier molecular flexibility index (Phi) is 4.50. The number of carbonyl (C=O) groups excluding carboxylic acids is 1. The molecule has 1 aromatic carbocycles. The molecule has 0 aliphatic carbocycles. The van der Waals surface area contributed by atoms with E-state index in [0.717, 1.165) is 27.2 Å². The van der Waals surface area contributed by atoms with Crippen LogP contribution in [0.2, 0.25) is 0 Å². The summed E-state index contributed by atoms with van der Waals surface area (Å²) in [5, 5.41) is 3.68. The molecular weight excluding hydrogens is 344 g/mol. The fraction of sp³-hybridized carbons (Fsp3) is 0.150. The maximum atomic E-state index is 12.9. The summed E-state index contributed by atoms with van der Waals surface area (Å²) in [4.78, 5) is 26.7. The van der Waals surface area contributed by atoms with Crippen LogP contribution in [0.25, 0.3) is 21.6 Å². The molecule has 0 radical (unpaired) electrons. The zero-order valence-electron chi connectivity index (χ0n) is 14.3. The topological polar surface area (TPSA) is 61.9 Å². The normalized spacial score (nSPS) is 11.0. The molecule has 1 amide bonds. The number of hydrogen-bond acceptors (Lipinski definition) is 4. The van der Waals surface area contributed by atoms with Crippen LogP contribution in [0, 0.1) is 0 Å². The van der Waals surface area contributed by atoms with Crippen LogP contribution in [0.3, 0.4) is 0 Å². The number of pyridine rings is 1. The first-order chi connectivity index (χ1) is 12.8. The van der Waals surface area contributed by atoms with Crippen LogP contribution < -0.4 is 0 Å². The van der Waals surface area contributed by atoms with Crippen LogP contribution in [0.1, 0.15) is 23.0 Å². The molecule has 0 saturated carbocycles. The highest BCUT2D eigenvalue weighted by atomic mass is 32.1. The van der Waals surface area contributed by atoms with E-state index in [1.165, 1.54) is 11.3 Å². The molecule has 0 spiro atoms. The van der Waals surface area contributed by atoms with Gasteiger partial charge in [0.1, 0.15) is 16.3 Å². The third-order valence-electron chi connectivity index (χ3n) is 4.30. The molecule has 0 aliphatic heterocycles. The Hall–Kier alpha value is -2.99. The van der Waals surface area contributed by atoms with Crippen molar-refractivity contribution in [2.24, 2.45) is 0 Å². The summed E-state index contributed by atoms with van der Waals surface area (Å²) in [6, 6.07) is 13.9. The van der Waals surface area contributed by atoms with E-state index in [1.807, 2.05) is 65.9 Å². The summed E-state index contributed by atoms with van der Waals surface area (Å²) in [5.41, 5.74) is 3.42. The van der Waals surface area contributed by atoms with Gasteiger partial charge in [0.15, 0.2) is 0 Å². The van der Waals surface area contributed by atoms with Crippen LogP contribution in [-0.4, -0.2) is 32.3 Å². The van der Waals surface area contributed by atoms with Crippen molar-refractivity contribution in [3.05, 3.63) is 71.5 Å². The summed E-state index contributed by atoms with van der Waals surface area (Å²) >= 11 is 1.48. The Balaban J connectivity index is 1.60. The van der Waals surface area contributed by atoms with Crippen LogP contribution >= 0.6 is 11.3 Å². The van der Waals surface area contributed by atoms with E-state index in [4.69, 9.17) is 0 Å². The quantitative estimate of drug-likeness (QED) is 0.574. The number of carbonyl (C=O) groups is 1. The van der Waals surface area contributed by atoms with Crippen LogP contribution in [0.15, 0.2) is 60.2 Å². The van der Waals surface area contributed by atoms with Gasteiger partial charge in [-0.15, -0.1) is 11.3 Å². The van der Waals surface area contributed by atoms with Gasteiger partial charge < -0.3 is 9.88 Å². The number of benzene rings is 1. The summed E-state index contributed by atoms with van der Waals surface area (Å²) in [7, 11) is 0. The van der Waals surface area contributed by atoms with E-state index < -0.39 is 0 Å². The maximum Gasteiger partial charge on any atom is 0.273 e. The Morgan fingerprint density at radius 1 is 1.19 bits per heavy atom. The number of aromatic nitrogens is 3. The number of amides is 1. The van der Waals surface area contributed by atoms with E-state index in [-0.39, 0.29) is 5.91 Å². The number of nitrogens with zero attached hydrogens (tertiary/aromatic N) is 3. The average Bonchev–Trinajstić information content (AvgIpc) is 3.35. The van der Waals surface area contributed by atoms with Gasteiger partial charge in [-0.05, 0) is 24.6 Å². The van der Waals surface area contributed by atoms with Crippen LogP contribution in [0.4, 0.5) is 0 Å². The highest BCUT2D eigenvalue weighted by Gasteiger charge is 2.19. The lowest BCUT2D eigenvalue weighted by molar-refractivity contribution is 0.0747. The van der Waals surface area contributed by atoms with Crippen molar-refractivity contribution in [3.8, 4) is 10.6 Å². The summed E-state index contributed by atoms with van der Waals surface area (Å²) in [6.45, 7) is 3.21. The molecular formula is C20H18N4OS. The Morgan fingerprint density at radius 3 is 2.85 bits per heavy atom. The average molecular weight is 362 g/mol. The predicted octanol–water partition coefficient (Wildman–Crippen LogP) is 4.35. The third-order valence-corrected chi connectivity index (χ3v) is 5.17.